The summed E-state index contributed by atoms with van der Waals surface area (Å²) >= 11 is 6.50. The lowest BCUT2D eigenvalue weighted by molar-refractivity contribution is 0.0697. The topological polar surface area (TPSA) is 54.6 Å². The molecule has 2 heterocycles. The number of aromatic carboxylic acids is 1. The number of carboxylic acid groups (broad SMARTS) is 1. The van der Waals surface area contributed by atoms with Crippen LogP contribution in [0.1, 0.15) is 10.4 Å². The van der Waals surface area contributed by atoms with Gasteiger partial charge in [-0.15, -0.1) is 0 Å². The van der Waals surface area contributed by atoms with E-state index in [1.165, 1.54) is 6.07 Å². The lowest BCUT2D eigenvalue weighted by Gasteiger charge is -1.97. The number of imidazole rings is 1. The van der Waals surface area contributed by atoms with Crippen LogP contribution in [0.2, 0.25) is 0 Å². The molecule has 0 bridgehead atoms. The predicted molar refractivity (Wildman–Crippen MR) is 57.6 cm³/mol. The summed E-state index contributed by atoms with van der Waals surface area (Å²) in [6.45, 7) is 0. The van der Waals surface area contributed by atoms with Crippen molar-refractivity contribution in [2.75, 3.05) is 0 Å². The summed E-state index contributed by atoms with van der Waals surface area (Å²) in [7, 11) is 0. The van der Waals surface area contributed by atoms with Crippen LogP contribution in [0, 0.1) is 0 Å². The summed E-state index contributed by atoms with van der Waals surface area (Å²) in [6.07, 6.45) is 1.65. The zero-order valence-electron chi connectivity index (χ0n) is 6.74. The number of fused-ring (bicyclic) bond motifs is 1. The van der Waals surface area contributed by atoms with Gasteiger partial charge in [-0.1, -0.05) is 0 Å². The van der Waals surface area contributed by atoms with Crippen LogP contribution >= 0.6 is 31.9 Å². The van der Waals surface area contributed by atoms with Crippen molar-refractivity contribution in [1.29, 1.82) is 0 Å². The fourth-order valence-electron chi connectivity index (χ4n) is 1.15. The maximum absolute atomic E-state index is 10.7. The number of hydrogen-bond acceptors (Lipinski definition) is 2. The maximum Gasteiger partial charge on any atom is 0.335 e. The van der Waals surface area contributed by atoms with Crippen LogP contribution in [-0.2, 0) is 0 Å². The van der Waals surface area contributed by atoms with E-state index in [1.54, 1.807) is 16.7 Å². The van der Waals surface area contributed by atoms with E-state index >= 15 is 0 Å². The molecule has 2 rings (SSSR count). The molecule has 0 saturated carbocycles. The fraction of sp³-hybridized carbons (Fsp3) is 0. The highest BCUT2D eigenvalue weighted by atomic mass is 79.9. The summed E-state index contributed by atoms with van der Waals surface area (Å²) in [4.78, 5) is 14.8. The molecule has 2 aromatic rings. The molecule has 0 unspecified atom stereocenters. The quantitative estimate of drug-likeness (QED) is 0.879. The number of halogens is 2. The molecule has 0 aliphatic rings. The van der Waals surface area contributed by atoms with Crippen LogP contribution in [0.25, 0.3) is 5.52 Å². The van der Waals surface area contributed by atoms with Crippen LogP contribution in [-0.4, -0.2) is 20.5 Å². The molecule has 0 saturated heterocycles. The molecule has 2 aromatic heterocycles. The van der Waals surface area contributed by atoms with Gasteiger partial charge in [-0.05, 0) is 44.0 Å². The van der Waals surface area contributed by atoms with Crippen LogP contribution in [0.15, 0.2) is 27.7 Å². The second-order valence-corrected chi connectivity index (χ2v) is 4.11. The average molecular weight is 320 g/mol. The molecule has 72 valence electrons. The van der Waals surface area contributed by atoms with E-state index in [-0.39, 0.29) is 5.56 Å². The number of rotatable bonds is 1. The Balaban J connectivity index is 2.77. The van der Waals surface area contributed by atoms with E-state index < -0.39 is 5.97 Å². The van der Waals surface area contributed by atoms with Crippen LogP contribution in [0.4, 0.5) is 0 Å². The second kappa shape index (κ2) is 3.36. The molecule has 0 atom stereocenters. The number of aromatic nitrogens is 2. The number of hydrogen-bond donors (Lipinski definition) is 1. The van der Waals surface area contributed by atoms with Gasteiger partial charge in [0.15, 0.2) is 4.73 Å². The average Bonchev–Trinajstić information content (AvgIpc) is 2.42. The summed E-state index contributed by atoms with van der Waals surface area (Å²) in [6, 6.07) is 3.08. The maximum atomic E-state index is 10.7. The van der Waals surface area contributed by atoms with Gasteiger partial charge in [-0.25, -0.2) is 9.78 Å². The summed E-state index contributed by atoms with van der Waals surface area (Å²) in [5.41, 5.74) is 0.961. The van der Waals surface area contributed by atoms with Crippen molar-refractivity contribution in [2.45, 2.75) is 0 Å². The smallest absolute Gasteiger partial charge is 0.335 e. The molecule has 4 nitrogen and oxygen atoms in total. The van der Waals surface area contributed by atoms with Gasteiger partial charge in [-0.3, -0.25) is 4.40 Å². The first kappa shape index (κ1) is 9.67. The molecule has 0 aliphatic carbocycles. The largest absolute Gasteiger partial charge is 0.478 e. The third-order valence-electron chi connectivity index (χ3n) is 1.80. The summed E-state index contributed by atoms with van der Waals surface area (Å²) in [5, 5.41) is 8.79. The molecular weight excluding hydrogens is 316 g/mol. The van der Waals surface area contributed by atoms with Crippen molar-refractivity contribution in [3.63, 3.8) is 0 Å². The van der Waals surface area contributed by atoms with Crippen LogP contribution < -0.4 is 0 Å². The zero-order valence-corrected chi connectivity index (χ0v) is 9.91. The van der Waals surface area contributed by atoms with Gasteiger partial charge in [0.25, 0.3) is 0 Å². The summed E-state index contributed by atoms with van der Waals surface area (Å²) < 4.78 is 3.00. The van der Waals surface area contributed by atoms with Crippen molar-refractivity contribution in [3.8, 4) is 0 Å². The molecule has 0 amide bonds. The number of carbonyl (C=O) groups is 1. The Morgan fingerprint density at radius 1 is 1.50 bits per heavy atom. The Kier molecular flexibility index (Phi) is 2.32. The van der Waals surface area contributed by atoms with E-state index in [4.69, 9.17) is 5.11 Å². The Morgan fingerprint density at radius 2 is 2.21 bits per heavy atom. The lowest BCUT2D eigenvalue weighted by Crippen LogP contribution is -1.97. The van der Waals surface area contributed by atoms with E-state index in [1.807, 2.05) is 0 Å². The van der Waals surface area contributed by atoms with Gasteiger partial charge >= 0.3 is 5.97 Å². The molecule has 1 N–H and O–H groups in total. The highest BCUT2D eigenvalue weighted by Gasteiger charge is 2.09. The predicted octanol–water partition coefficient (Wildman–Crippen LogP) is 2.56. The normalized spacial score (nSPS) is 10.7. The second-order valence-electron chi connectivity index (χ2n) is 2.65. The first-order chi connectivity index (χ1) is 6.59. The SMILES string of the molecule is O=C(O)c1ccn2c(Br)nc(Br)c2c1. The van der Waals surface area contributed by atoms with Gasteiger partial charge in [0.1, 0.15) is 4.60 Å². The standard InChI is InChI=1S/C8H4Br2N2O2/c9-6-5-3-4(7(13)14)1-2-12(5)8(10)11-6/h1-3H,(H,13,14). The van der Waals surface area contributed by atoms with E-state index in [2.05, 4.69) is 36.8 Å². The first-order valence-corrected chi connectivity index (χ1v) is 5.24. The minimum Gasteiger partial charge on any atom is -0.478 e. The van der Waals surface area contributed by atoms with Gasteiger partial charge in [0, 0.05) is 6.20 Å². The molecule has 14 heavy (non-hydrogen) atoms. The first-order valence-electron chi connectivity index (χ1n) is 3.66. The lowest BCUT2D eigenvalue weighted by atomic mass is 10.2. The van der Waals surface area contributed by atoms with Gasteiger partial charge < -0.3 is 5.11 Å². The molecular formula is C8H4Br2N2O2. The molecule has 0 fully saturated rings. The van der Waals surface area contributed by atoms with Crippen molar-refractivity contribution in [3.05, 3.63) is 33.2 Å². The molecule has 0 aliphatic heterocycles. The number of nitrogens with zero attached hydrogens (tertiary/aromatic N) is 2. The number of pyridine rings is 1. The highest BCUT2D eigenvalue weighted by molar-refractivity contribution is 9.11. The number of carboxylic acids is 1. The minimum atomic E-state index is -0.947. The Hall–Kier alpha value is -0.880. The Labute approximate surface area is 95.8 Å². The molecule has 0 radical (unpaired) electrons. The van der Waals surface area contributed by atoms with E-state index in [9.17, 15) is 4.79 Å². The van der Waals surface area contributed by atoms with Crippen LogP contribution in [0.5, 0.6) is 0 Å². The Morgan fingerprint density at radius 3 is 2.86 bits per heavy atom. The van der Waals surface area contributed by atoms with Crippen molar-refractivity contribution < 1.29 is 9.90 Å². The van der Waals surface area contributed by atoms with Crippen molar-refractivity contribution in [1.82, 2.24) is 9.38 Å². The van der Waals surface area contributed by atoms with Gasteiger partial charge in [0.2, 0.25) is 0 Å². The van der Waals surface area contributed by atoms with Crippen LogP contribution in [0.3, 0.4) is 0 Å². The van der Waals surface area contributed by atoms with Crippen molar-refractivity contribution in [2.24, 2.45) is 0 Å². The fourth-order valence-corrected chi connectivity index (χ4v) is 2.34. The minimum absolute atomic E-state index is 0.241. The summed E-state index contributed by atoms with van der Waals surface area (Å²) in [5.74, 6) is -0.947. The molecule has 6 heteroatoms. The van der Waals surface area contributed by atoms with Crippen molar-refractivity contribution >= 4 is 43.3 Å². The third kappa shape index (κ3) is 1.44. The monoisotopic (exact) mass is 318 g/mol. The van der Waals surface area contributed by atoms with E-state index in [0.29, 0.717) is 9.34 Å². The van der Waals surface area contributed by atoms with Gasteiger partial charge in [0.05, 0.1) is 11.1 Å². The highest BCUT2D eigenvalue weighted by Crippen LogP contribution is 2.22. The zero-order chi connectivity index (χ0) is 10.3. The molecule has 0 spiro atoms. The third-order valence-corrected chi connectivity index (χ3v) is 2.95. The molecule has 0 aromatic carbocycles. The Bertz CT molecular complexity index is 521. The van der Waals surface area contributed by atoms with Gasteiger partial charge in [-0.2, -0.15) is 0 Å². The van der Waals surface area contributed by atoms with E-state index in [0.717, 1.165) is 5.52 Å².